The van der Waals surface area contributed by atoms with Crippen molar-refractivity contribution in [3.8, 4) is 0 Å². The molecular formula is C14H15N5S. The molecule has 0 spiro atoms. The van der Waals surface area contributed by atoms with E-state index in [2.05, 4.69) is 33.5 Å². The summed E-state index contributed by atoms with van der Waals surface area (Å²) < 4.78 is 1.97. The molecule has 0 saturated carbocycles. The van der Waals surface area contributed by atoms with E-state index in [1.54, 1.807) is 0 Å². The van der Waals surface area contributed by atoms with Crippen LogP contribution >= 0.6 is 11.8 Å². The van der Waals surface area contributed by atoms with Gasteiger partial charge in [-0.3, -0.25) is 4.40 Å². The normalized spacial score (nSPS) is 11.1. The fourth-order valence-corrected chi connectivity index (χ4v) is 2.84. The molecule has 3 rings (SSSR count). The summed E-state index contributed by atoms with van der Waals surface area (Å²) in [5.41, 5.74) is 3.18. The van der Waals surface area contributed by atoms with Crippen molar-refractivity contribution in [3.63, 3.8) is 0 Å². The average Bonchev–Trinajstić information content (AvgIpc) is 2.86. The SMILES string of the molecule is CNCc1cnc(Sc2nnc3ccccn23)c(C)c1. The van der Waals surface area contributed by atoms with Crippen molar-refractivity contribution < 1.29 is 0 Å². The summed E-state index contributed by atoms with van der Waals surface area (Å²) in [5, 5.41) is 13.3. The molecule has 102 valence electrons. The summed E-state index contributed by atoms with van der Waals surface area (Å²) in [6, 6.07) is 8.01. The number of aryl methyl sites for hydroxylation is 1. The number of nitrogens with zero attached hydrogens (tertiary/aromatic N) is 4. The molecule has 3 aromatic heterocycles. The van der Waals surface area contributed by atoms with E-state index in [4.69, 9.17) is 0 Å². The first kappa shape index (κ1) is 13.1. The van der Waals surface area contributed by atoms with Crippen LogP contribution in [0, 0.1) is 6.92 Å². The van der Waals surface area contributed by atoms with Gasteiger partial charge >= 0.3 is 0 Å². The Labute approximate surface area is 121 Å². The average molecular weight is 285 g/mol. The second kappa shape index (κ2) is 5.60. The molecular weight excluding hydrogens is 270 g/mol. The van der Waals surface area contributed by atoms with Gasteiger partial charge in [-0.1, -0.05) is 12.1 Å². The van der Waals surface area contributed by atoms with Crippen LogP contribution in [0.2, 0.25) is 0 Å². The van der Waals surface area contributed by atoms with E-state index < -0.39 is 0 Å². The van der Waals surface area contributed by atoms with Gasteiger partial charge < -0.3 is 5.32 Å². The van der Waals surface area contributed by atoms with Crippen LogP contribution in [-0.2, 0) is 6.54 Å². The van der Waals surface area contributed by atoms with Crippen LogP contribution in [0.25, 0.3) is 5.65 Å². The van der Waals surface area contributed by atoms with Crippen LogP contribution in [-0.4, -0.2) is 26.6 Å². The monoisotopic (exact) mass is 285 g/mol. The van der Waals surface area contributed by atoms with Crippen molar-refractivity contribution in [3.05, 3.63) is 47.8 Å². The lowest BCUT2D eigenvalue weighted by Crippen LogP contribution is -2.05. The Balaban J connectivity index is 1.91. The van der Waals surface area contributed by atoms with E-state index in [0.717, 1.165) is 27.9 Å². The minimum Gasteiger partial charge on any atom is -0.316 e. The number of fused-ring (bicyclic) bond motifs is 1. The highest BCUT2D eigenvalue weighted by atomic mass is 32.2. The van der Waals surface area contributed by atoms with Crippen molar-refractivity contribution >= 4 is 17.4 Å². The van der Waals surface area contributed by atoms with Gasteiger partial charge in [0.25, 0.3) is 0 Å². The van der Waals surface area contributed by atoms with E-state index in [0.29, 0.717) is 0 Å². The summed E-state index contributed by atoms with van der Waals surface area (Å²) in [5.74, 6) is 0. The van der Waals surface area contributed by atoms with Gasteiger partial charge in [-0.2, -0.15) is 0 Å². The molecule has 3 aromatic rings. The van der Waals surface area contributed by atoms with E-state index in [1.807, 2.05) is 42.0 Å². The van der Waals surface area contributed by atoms with E-state index in [9.17, 15) is 0 Å². The Bertz CT molecular complexity index is 737. The number of hydrogen-bond donors (Lipinski definition) is 1. The molecule has 0 aliphatic heterocycles. The Hall–Kier alpha value is -1.92. The Morgan fingerprint density at radius 2 is 2.20 bits per heavy atom. The van der Waals surface area contributed by atoms with E-state index >= 15 is 0 Å². The van der Waals surface area contributed by atoms with Gasteiger partial charge in [0.15, 0.2) is 5.65 Å². The highest BCUT2D eigenvalue weighted by molar-refractivity contribution is 7.99. The van der Waals surface area contributed by atoms with Gasteiger partial charge in [-0.05, 0) is 49.0 Å². The molecule has 0 radical (unpaired) electrons. The lowest BCUT2D eigenvalue weighted by atomic mass is 10.2. The highest BCUT2D eigenvalue weighted by Gasteiger charge is 2.10. The largest absolute Gasteiger partial charge is 0.316 e. The third kappa shape index (κ3) is 2.52. The predicted molar refractivity (Wildman–Crippen MR) is 78.8 cm³/mol. The van der Waals surface area contributed by atoms with Gasteiger partial charge in [-0.25, -0.2) is 4.98 Å². The molecule has 0 aliphatic rings. The number of aromatic nitrogens is 4. The first-order valence-corrected chi connectivity index (χ1v) is 7.17. The van der Waals surface area contributed by atoms with Crippen molar-refractivity contribution in [1.82, 2.24) is 24.9 Å². The Kier molecular flexibility index (Phi) is 3.66. The molecule has 5 nitrogen and oxygen atoms in total. The lowest BCUT2D eigenvalue weighted by molar-refractivity contribution is 0.806. The lowest BCUT2D eigenvalue weighted by Gasteiger charge is -2.06. The van der Waals surface area contributed by atoms with Gasteiger partial charge in [0.1, 0.15) is 5.03 Å². The standard InChI is InChI=1S/C14H15N5S/c1-10-7-11(8-15-2)9-16-13(10)20-14-18-17-12-5-3-4-6-19(12)14/h3-7,9,15H,8H2,1-2H3. The molecule has 0 saturated heterocycles. The molecule has 0 fully saturated rings. The van der Waals surface area contributed by atoms with Crippen LogP contribution < -0.4 is 5.32 Å². The highest BCUT2D eigenvalue weighted by Crippen LogP contribution is 2.27. The summed E-state index contributed by atoms with van der Waals surface area (Å²) in [4.78, 5) is 4.52. The topological polar surface area (TPSA) is 55.1 Å². The van der Waals surface area contributed by atoms with Crippen molar-refractivity contribution in [2.45, 2.75) is 23.7 Å². The molecule has 0 unspecified atom stereocenters. The first-order chi connectivity index (χ1) is 9.78. The van der Waals surface area contributed by atoms with Crippen LogP contribution in [0.5, 0.6) is 0 Å². The molecule has 0 atom stereocenters. The fraction of sp³-hybridized carbons (Fsp3) is 0.214. The van der Waals surface area contributed by atoms with Crippen molar-refractivity contribution in [2.24, 2.45) is 0 Å². The zero-order chi connectivity index (χ0) is 13.9. The summed E-state index contributed by atoms with van der Waals surface area (Å²) in [6.07, 6.45) is 3.86. The smallest absolute Gasteiger partial charge is 0.201 e. The van der Waals surface area contributed by atoms with Crippen LogP contribution in [0.4, 0.5) is 0 Å². The number of nitrogens with one attached hydrogen (secondary N) is 1. The van der Waals surface area contributed by atoms with Gasteiger partial charge in [0.05, 0.1) is 0 Å². The molecule has 0 aromatic carbocycles. The van der Waals surface area contributed by atoms with Gasteiger partial charge in [0, 0.05) is 18.9 Å². The first-order valence-electron chi connectivity index (χ1n) is 6.35. The zero-order valence-corrected chi connectivity index (χ0v) is 12.2. The van der Waals surface area contributed by atoms with Gasteiger partial charge in [-0.15, -0.1) is 10.2 Å². The Morgan fingerprint density at radius 3 is 3.00 bits per heavy atom. The van der Waals surface area contributed by atoms with Crippen molar-refractivity contribution in [2.75, 3.05) is 7.05 Å². The van der Waals surface area contributed by atoms with E-state index in [1.165, 1.54) is 17.3 Å². The van der Waals surface area contributed by atoms with E-state index in [-0.39, 0.29) is 0 Å². The number of hydrogen-bond acceptors (Lipinski definition) is 5. The molecule has 0 bridgehead atoms. The second-order valence-electron chi connectivity index (χ2n) is 4.51. The third-order valence-electron chi connectivity index (χ3n) is 2.94. The number of rotatable bonds is 4. The third-order valence-corrected chi connectivity index (χ3v) is 4.02. The molecule has 20 heavy (non-hydrogen) atoms. The van der Waals surface area contributed by atoms with Crippen LogP contribution in [0.1, 0.15) is 11.1 Å². The number of pyridine rings is 2. The minimum atomic E-state index is 0.826. The maximum atomic E-state index is 4.52. The quantitative estimate of drug-likeness (QED) is 0.797. The summed E-state index contributed by atoms with van der Waals surface area (Å²) >= 11 is 1.53. The fourth-order valence-electron chi connectivity index (χ4n) is 2.00. The maximum Gasteiger partial charge on any atom is 0.201 e. The predicted octanol–water partition coefficient (Wildman–Crippen LogP) is 2.30. The van der Waals surface area contributed by atoms with Crippen LogP contribution in [0.15, 0.2) is 46.8 Å². The minimum absolute atomic E-state index is 0.826. The Morgan fingerprint density at radius 1 is 1.30 bits per heavy atom. The van der Waals surface area contributed by atoms with Gasteiger partial charge in [0.2, 0.25) is 5.16 Å². The second-order valence-corrected chi connectivity index (χ2v) is 5.47. The summed E-state index contributed by atoms with van der Waals surface area (Å²) in [7, 11) is 1.93. The molecule has 6 heteroatoms. The van der Waals surface area contributed by atoms with Crippen LogP contribution in [0.3, 0.4) is 0 Å². The molecule has 1 N–H and O–H groups in total. The van der Waals surface area contributed by atoms with Crippen molar-refractivity contribution in [1.29, 1.82) is 0 Å². The molecule has 0 amide bonds. The molecule has 0 aliphatic carbocycles. The zero-order valence-electron chi connectivity index (χ0n) is 11.4. The molecule has 3 heterocycles. The summed E-state index contributed by atoms with van der Waals surface area (Å²) in [6.45, 7) is 2.89. The maximum absolute atomic E-state index is 4.52.